The molecule has 122 valence electrons. The van der Waals surface area contributed by atoms with E-state index in [-0.39, 0.29) is 17.3 Å². The van der Waals surface area contributed by atoms with Crippen LogP contribution >= 0.6 is 0 Å². The van der Waals surface area contributed by atoms with Gasteiger partial charge in [-0.15, -0.1) is 0 Å². The number of ether oxygens (including phenoxy) is 1. The first kappa shape index (κ1) is 17.8. The number of carbonyl (C=O) groups is 1. The Bertz CT molecular complexity index is 366. The smallest absolute Gasteiger partial charge is 0.308 e. The summed E-state index contributed by atoms with van der Waals surface area (Å²) in [6, 6.07) is 0. The van der Waals surface area contributed by atoms with E-state index < -0.39 is 0 Å². The average Bonchev–Trinajstić information content (AvgIpc) is 2.42. The van der Waals surface area contributed by atoms with Gasteiger partial charge in [0.2, 0.25) is 0 Å². The fraction of sp³-hybridized carbons (Fsp3) is 0.875. The highest BCUT2D eigenvalue weighted by atomic mass is 16.5. The van der Waals surface area contributed by atoms with E-state index >= 15 is 0 Å². The number of guanidine groups is 1. The molecule has 0 bridgehead atoms. The second-order valence-electron chi connectivity index (χ2n) is 6.98. The van der Waals surface area contributed by atoms with Crippen LogP contribution in [0.1, 0.15) is 40.5 Å². The molecule has 0 amide bonds. The molecule has 1 rings (SSSR count). The Morgan fingerprint density at radius 3 is 2.33 bits per heavy atom. The van der Waals surface area contributed by atoms with Crippen molar-refractivity contribution in [3.8, 4) is 0 Å². The van der Waals surface area contributed by atoms with Gasteiger partial charge in [-0.1, -0.05) is 20.8 Å². The largest absolute Gasteiger partial charge is 0.469 e. The van der Waals surface area contributed by atoms with Gasteiger partial charge in [-0.2, -0.15) is 0 Å². The number of rotatable bonds is 3. The van der Waals surface area contributed by atoms with E-state index in [4.69, 9.17) is 4.74 Å². The van der Waals surface area contributed by atoms with Crippen molar-refractivity contribution in [1.82, 2.24) is 9.80 Å². The van der Waals surface area contributed by atoms with Gasteiger partial charge in [-0.25, -0.2) is 0 Å². The first-order valence-electron chi connectivity index (χ1n) is 7.87. The van der Waals surface area contributed by atoms with Gasteiger partial charge in [0.1, 0.15) is 0 Å². The molecule has 1 aliphatic rings. The molecule has 5 heteroatoms. The van der Waals surface area contributed by atoms with E-state index in [2.05, 4.69) is 49.5 Å². The van der Waals surface area contributed by atoms with Crippen molar-refractivity contribution in [2.75, 3.05) is 40.3 Å². The van der Waals surface area contributed by atoms with E-state index in [1.54, 1.807) is 0 Å². The van der Waals surface area contributed by atoms with E-state index in [1.807, 2.05) is 0 Å². The number of piperidine rings is 1. The Balaban J connectivity index is 2.67. The molecule has 0 N–H and O–H groups in total. The zero-order valence-corrected chi connectivity index (χ0v) is 14.5. The molecule has 0 aromatic heterocycles. The zero-order chi connectivity index (χ0) is 16.0. The van der Waals surface area contributed by atoms with Crippen molar-refractivity contribution in [1.29, 1.82) is 0 Å². The Kier molecular flexibility index (Phi) is 6.49. The third-order valence-corrected chi connectivity index (χ3v) is 3.66. The number of esters is 1. The fourth-order valence-corrected chi connectivity index (χ4v) is 2.87. The highest BCUT2D eigenvalue weighted by Gasteiger charge is 2.29. The molecule has 1 fully saturated rings. The molecule has 1 heterocycles. The van der Waals surface area contributed by atoms with Crippen LogP contribution in [0.25, 0.3) is 0 Å². The summed E-state index contributed by atoms with van der Waals surface area (Å²) in [6.07, 6.45) is 1.69. The van der Waals surface area contributed by atoms with Gasteiger partial charge in [-0.3, -0.25) is 9.79 Å². The topological polar surface area (TPSA) is 45.1 Å². The van der Waals surface area contributed by atoms with Crippen LogP contribution in [0.3, 0.4) is 0 Å². The maximum atomic E-state index is 11.6. The molecule has 0 saturated carbocycles. The SMILES string of the molecule is CCN=C(N(C)CC(C)(C)C)N1CCC(C(=O)OC)CC1. The molecule has 0 aromatic carbocycles. The number of methoxy groups -OCH3 is 1. The lowest BCUT2D eigenvalue weighted by Gasteiger charge is -2.38. The summed E-state index contributed by atoms with van der Waals surface area (Å²) in [5.41, 5.74) is 0.230. The lowest BCUT2D eigenvalue weighted by atomic mass is 9.95. The Morgan fingerprint density at radius 1 is 1.33 bits per heavy atom. The quantitative estimate of drug-likeness (QED) is 0.455. The van der Waals surface area contributed by atoms with Crippen molar-refractivity contribution in [3.63, 3.8) is 0 Å². The lowest BCUT2D eigenvalue weighted by Crippen LogP contribution is -2.49. The van der Waals surface area contributed by atoms with Crippen LogP contribution in [0, 0.1) is 11.3 Å². The minimum absolute atomic E-state index is 0.0436. The van der Waals surface area contributed by atoms with Crippen molar-refractivity contribution in [2.24, 2.45) is 16.3 Å². The van der Waals surface area contributed by atoms with Gasteiger partial charge in [0, 0.05) is 33.2 Å². The second-order valence-corrected chi connectivity index (χ2v) is 6.98. The van der Waals surface area contributed by atoms with Crippen molar-refractivity contribution < 1.29 is 9.53 Å². The minimum atomic E-state index is -0.0772. The van der Waals surface area contributed by atoms with E-state index in [0.29, 0.717) is 0 Å². The highest BCUT2D eigenvalue weighted by molar-refractivity contribution is 5.80. The van der Waals surface area contributed by atoms with Crippen molar-refractivity contribution in [3.05, 3.63) is 0 Å². The predicted octanol–water partition coefficient (Wildman–Crippen LogP) is 2.23. The third-order valence-electron chi connectivity index (χ3n) is 3.66. The number of hydrogen-bond acceptors (Lipinski definition) is 3. The van der Waals surface area contributed by atoms with Crippen LogP contribution in [0.2, 0.25) is 0 Å². The predicted molar refractivity (Wildman–Crippen MR) is 86.4 cm³/mol. The first-order chi connectivity index (χ1) is 9.78. The van der Waals surface area contributed by atoms with E-state index in [0.717, 1.165) is 45.0 Å². The molecule has 0 aliphatic carbocycles. The van der Waals surface area contributed by atoms with Crippen LogP contribution in [-0.2, 0) is 9.53 Å². The fourth-order valence-electron chi connectivity index (χ4n) is 2.87. The molecule has 0 aromatic rings. The highest BCUT2D eigenvalue weighted by Crippen LogP contribution is 2.21. The maximum Gasteiger partial charge on any atom is 0.308 e. The maximum absolute atomic E-state index is 11.6. The molecule has 1 aliphatic heterocycles. The number of likely N-dealkylation sites (tertiary alicyclic amines) is 1. The van der Waals surface area contributed by atoms with Crippen molar-refractivity contribution in [2.45, 2.75) is 40.5 Å². The standard InChI is InChI=1S/C16H31N3O2/c1-7-17-15(18(5)12-16(2,3)4)19-10-8-13(9-11-19)14(20)21-6/h13H,7-12H2,1-6H3. The molecular weight excluding hydrogens is 266 g/mol. The lowest BCUT2D eigenvalue weighted by molar-refractivity contribution is -0.146. The molecule has 1 saturated heterocycles. The summed E-state index contributed by atoms with van der Waals surface area (Å²) in [5, 5.41) is 0. The molecule has 21 heavy (non-hydrogen) atoms. The van der Waals surface area contributed by atoms with Gasteiger partial charge in [0.25, 0.3) is 0 Å². The average molecular weight is 297 g/mol. The number of aliphatic imine (C=N–C) groups is 1. The molecular formula is C16H31N3O2. The van der Waals surface area contributed by atoms with E-state index in [1.165, 1.54) is 7.11 Å². The Morgan fingerprint density at radius 2 is 1.90 bits per heavy atom. The number of hydrogen-bond donors (Lipinski definition) is 0. The summed E-state index contributed by atoms with van der Waals surface area (Å²) in [5.74, 6) is 1.02. The van der Waals surface area contributed by atoms with Gasteiger partial charge in [-0.05, 0) is 25.2 Å². The van der Waals surface area contributed by atoms with Crippen molar-refractivity contribution >= 4 is 11.9 Å². The number of nitrogens with zero attached hydrogens (tertiary/aromatic N) is 3. The summed E-state index contributed by atoms with van der Waals surface area (Å²) >= 11 is 0. The van der Waals surface area contributed by atoms with Gasteiger partial charge in [0.15, 0.2) is 5.96 Å². The van der Waals surface area contributed by atoms with Gasteiger partial charge < -0.3 is 14.5 Å². The molecule has 0 spiro atoms. The third kappa shape index (κ3) is 5.56. The Hall–Kier alpha value is -1.26. The van der Waals surface area contributed by atoms with Crippen LogP contribution in [0.15, 0.2) is 4.99 Å². The molecule has 0 radical (unpaired) electrons. The Labute approximate surface area is 129 Å². The number of carbonyl (C=O) groups excluding carboxylic acids is 1. The van der Waals surface area contributed by atoms with Gasteiger partial charge >= 0.3 is 5.97 Å². The molecule has 5 nitrogen and oxygen atoms in total. The summed E-state index contributed by atoms with van der Waals surface area (Å²) in [4.78, 5) is 20.8. The second kappa shape index (κ2) is 7.66. The van der Waals surface area contributed by atoms with Crippen LogP contribution in [-0.4, -0.2) is 62.1 Å². The first-order valence-corrected chi connectivity index (χ1v) is 7.87. The normalized spacial score (nSPS) is 17.8. The van der Waals surface area contributed by atoms with Crippen LogP contribution in [0.5, 0.6) is 0 Å². The van der Waals surface area contributed by atoms with Crippen LogP contribution in [0.4, 0.5) is 0 Å². The van der Waals surface area contributed by atoms with Gasteiger partial charge in [0.05, 0.1) is 13.0 Å². The molecule has 0 atom stereocenters. The van der Waals surface area contributed by atoms with E-state index in [9.17, 15) is 4.79 Å². The summed E-state index contributed by atoms with van der Waals surface area (Å²) < 4.78 is 4.85. The monoisotopic (exact) mass is 297 g/mol. The zero-order valence-electron chi connectivity index (χ0n) is 14.5. The summed E-state index contributed by atoms with van der Waals surface area (Å²) in [7, 11) is 3.57. The minimum Gasteiger partial charge on any atom is -0.469 e. The molecule has 0 unspecified atom stereocenters. The van der Waals surface area contributed by atoms with Crippen LogP contribution < -0.4 is 0 Å². The summed E-state index contributed by atoms with van der Waals surface area (Å²) in [6.45, 7) is 12.2.